The second kappa shape index (κ2) is 11.5. The van der Waals surface area contributed by atoms with E-state index in [4.69, 9.17) is 18.9 Å². The van der Waals surface area contributed by atoms with Crippen LogP contribution in [0.5, 0.6) is 34.5 Å². The molecule has 0 aromatic heterocycles. The van der Waals surface area contributed by atoms with Crippen LogP contribution in [0.2, 0.25) is 0 Å². The average molecular weight is 553 g/mol. The topological polar surface area (TPSA) is 36.9 Å². The normalized spacial score (nSPS) is 11.4. The molecule has 0 fully saturated rings. The van der Waals surface area contributed by atoms with Crippen molar-refractivity contribution in [3.05, 3.63) is 104 Å². The van der Waals surface area contributed by atoms with Crippen molar-refractivity contribution in [2.45, 2.75) is 74.7 Å². The smallest absolute Gasteiger partial charge is 0.133 e. The molecule has 0 N–H and O–H groups in total. The molecule has 4 heteroatoms. The van der Waals surface area contributed by atoms with Gasteiger partial charge in [0.2, 0.25) is 0 Å². The lowest BCUT2D eigenvalue weighted by Crippen LogP contribution is -2.20. The number of hydrogen-bond acceptors (Lipinski definition) is 4. The van der Waals surface area contributed by atoms with E-state index >= 15 is 0 Å². The summed E-state index contributed by atoms with van der Waals surface area (Å²) in [6, 6.07) is 17.2. The highest BCUT2D eigenvalue weighted by Gasteiger charge is 2.27. The molecule has 0 spiro atoms. The maximum absolute atomic E-state index is 6.44. The third-order valence-corrected chi connectivity index (χ3v) is 8.08. The molecule has 0 bridgehead atoms. The highest BCUT2D eigenvalue weighted by molar-refractivity contribution is 5.55. The van der Waals surface area contributed by atoms with Gasteiger partial charge >= 0.3 is 0 Å². The maximum atomic E-state index is 6.44. The first-order valence-electron chi connectivity index (χ1n) is 14.2. The van der Waals surface area contributed by atoms with Crippen LogP contribution in [0, 0.1) is 55.4 Å². The van der Waals surface area contributed by atoms with Gasteiger partial charge in [0.15, 0.2) is 0 Å². The zero-order valence-corrected chi connectivity index (χ0v) is 26.8. The second-order valence-corrected chi connectivity index (χ2v) is 11.9. The number of benzene rings is 4. The maximum Gasteiger partial charge on any atom is 0.133 e. The van der Waals surface area contributed by atoms with Gasteiger partial charge in [0.05, 0.1) is 14.2 Å². The van der Waals surface area contributed by atoms with E-state index in [1.807, 2.05) is 52.0 Å². The van der Waals surface area contributed by atoms with E-state index in [0.29, 0.717) is 0 Å². The van der Waals surface area contributed by atoms with Crippen LogP contribution in [-0.2, 0) is 5.41 Å². The van der Waals surface area contributed by atoms with Gasteiger partial charge in [-0.25, -0.2) is 0 Å². The van der Waals surface area contributed by atoms with E-state index < -0.39 is 0 Å². The summed E-state index contributed by atoms with van der Waals surface area (Å²) in [6.45, 7) is 21.2. The van der Waals surface area contributed by atoms with Gasteiger partial charge in [-0.3, -0.25) is 0 Å². The molecule has 216 valence electrons. The fourth-order valence-electron chi connectivity index (χ4n) is 5.93. The molecule has 0 atom stereocenters. The highest BCUT2D eigenvalue weighted by Crippen LogP contribution is 2.41. The first-order chi connectivity index (χ1) is 19.3. The van der Waals surface area contributed by atoms with Crippen LogP contribution in [0.3, 0.4) is 0 Å². The first kappa shape index (κ1) is 30.0. The van der Waals surface area contributed by atoms with Crippen molar-refractivity contribution < 1.29 is 18.9 Å². The standard InChI is InChI=1S/C37H44O4/c1-21-13-29(14-22(2)35(21)40-31-17-25(5)33(38-11)26(6)18-31)37(9,10)30-15-23(3)36(24(4)16-30)41-32-19-27(7)34(39-12)28(8)20-32/h13-20H,1-12H3. The van der Waals surface area contributed by atoms with Gasteiger partial charge in [-0.15, -0.1) is 0 Å². The van der Waals surface area contributed by atoms with Gasteiger partial charge in [-0.1, -0.05) is 38.1 Å². The molecule has 0 heterocycles. The molecular weight excluding hydrogens is 508 g/mol. The molecule has 0 saturated heterocycles. The molecule has 0 amide bonds. The largest absolute Gasteiger partial charge is 0.496 e. The summed E-state index contributed by atoms with van der Waals surface area (Å²) in [5, 5.41) is 0. The molecule has 0 aliphatic rings. The SMILES string of the molecule is COc1c(C)cc(Oc2c(C)cc(C(C)(C)c3cc(C)c(Oc4cc(C)c(OC)c(C)c4)c(C)c3)cc2C)cc1C. The van der Waals surface area contributed by atoms with Crippen LogP contribution in [0.25, 0.3) is 0 Å². The Morgan fingerprint density at radius 1 is 0.390 bits per heavy atom. The van der Waals surface area contributed by atoms with Crippen LogP contribution in [-0.4, -0.2) is 14.2 Å². The van der Waals surface area contributed by atoms with Crippen LogP contribution >= 0.6 is 0 Å². The molecule has 4 aromatic carbocycles. The zero-order chi connectivity index (χ0) is 30.2. The molecule has 0 unspecified atom stereocenters. The van der Waals surface area contributed by atoms with Gasteiger partial charge in [0.25, 0.3) is 0 Å². The van der Waals surface area contributed by atoms with Gasteiger partial charge in [0.1, 0.15) is 34.5 Å². The predicted octanol–water partition coefficient (Wildman–Crippen LogP) is 10.1. The Balaban J connectivity index is 1.65. The fourth-order valence-corrected chi connectivity index (χ4v) is 5.93. The lowest BCUT2D eigenvalue weighted by molar-refractivity contribution is 0.406. The molecule has 41 heavy (non-hydrogen) atoms. The van der Waals surface area contributed by atoms with Crippen molar-refractivity contribution in [3.63, 3.8) is 0 Å². The van der Waals surface area contributed by atoms with Gasteiger partial charge in [-0.05, 0) is 135 Å². The molecule has 0 aliphatic heterocycles. The third kappa shape index (κ3) is 5.93. The summed E-state index contributed by atoms with van der Waals surface area (Å²) in [5.74, 6) is 5.24. The monoisotopic (exact) mass is 552 g/mol. The van der Waals surface area contributed by atoms with E-state index in [1.54, 1.807) is 14.2 Å². The summed E-state index contributed by atoms with van der Waals surface area (Å²) < 4.78 is 23.9. The Bertz CT molecular complexity index is 1400. The summed E-state index contributed by atoms with van der Waals surface area (Å²) in [5.41, 5.74) is 11.0. The number of rotatable bonds is 8. The lowest BCUT2D eigenvalue weighted by Gasteiger charge is -2.29. The molecular formula is C37H44O4. The minimum Gasteiger partial charge on any atom is -0.496 e. The number of ether oxygens (including phenoxy) is 4. The van der Waals surface area contributed by atoms with Crippen LogP contribution in [0.4, 0.5) is 0 Å². The minimum absolute atomic E-state index is 0.220. The van der Waals surface area contributed by atoms with Gasteiger partial charge < -0.3 is 18.9 Å². The molecule has 0 saturated carbocycles. The van der Waals surface area contributed by atoms with E-state index in [-0.39, 0.29) is 5.41 Å². The van der Waals surface area contributed by atoms with Crippen LogP contribution in [0.1, 0.15) is 69.5 Å². The van der Waals surface area contributed by atoms with E-state index in [1.165, 1.54) is 11.1 Å². The summed E-state index contributed by atoms with van der Waals surface area (Å²) >= 11 is 0. The van der Waals surface area contributed by atoms with E-state index in [0.717, 1.165) is 79.0 Å². The molecule has 4 nitrogen and oxygen atoms in total. The van der Waals surface area contributed by atoms with Crippen molar-refractivity contribution in [2.24, 2.45) is 0 Å². The van der Waals surface area contributed by atoms with Gasteiger partial charge in [0, 0.05) is 5.41 Å². The highest BCUT2D eigenvalue weighted by atomic mass is 16.5. The van der Waals surface area contributed by atoms with Gasteiger partial charge in [-0.2, -0.15) is 0 Å². The summed E-state index contributed by atoms with van der Waals surface area (Å²) in [4.78, 5) is 0. The fraction of sp³-hybridized carbons (Fsp3) is 0.351. The van der Waals surface area contributed by atoms with E-state index in [9.17, 15) is 0 Å². The number of aryl methyl sites for hydroxylation is 8. The van der Waals surface area contributed by atoms with Crippen LogP contribution < -0.4 is 18.9 Å². The quantitative estimate of drug-likeness (QED) is 0.218. The van der Waals surface area contributed by atoms with Crippen molar-refractivity contribution in [2.75, 3.05) is 14.2 Å². The summed E-state index contributed by atoms with van der Waals surface area (Å²) in [7, 11) is 3.41. The molecule has 4 aromatic rings. The zero-order valence-electron chi connectivity index (χ0n) is 26.8. The van der Waals surface area contributed by atoms with Crippen LogP contribution in [0.15, 0.2) is 48.5 Å². The Hall–Kier alpha value is -3.92. The van der Waals surface area contributed by atoms with Crippen molar-refractivity contribution >= 4 is 0 Å². The lowest BCUT2D eigenvalue weighted by atomic mass is 9.76. The van der Waals surface area contributed by atoms with Crippen molar-refractivity contribution in [3.8, 4) is 34.5 Å². The van der Waals surface area contributed by atoms with Crippen molar-refractivity contribution in [1.82, 2.24) is 0 Å². The first-order valence-corrected chi connectivity index (χ1v) is 14.2. The van der Waals surface area contributed by atoms with E-state index in [2.05, 4.69) is 65.8 Å². The van der Waals surface area contributed by atoms with Crippen molar-refractivity contribution in [1.29, 1.82) is 0 Å². The molecule has 0 aliphatic carbocycles. The minimum atomic E-state index is -0.220. The Morgan fingerprint density at radius 2 is 0.634 bits per heavy atom. The molecule has 4 rings (SSSR count). The Morgan fingerprint density at radius 3 is 0.878 bits per heavy atom. The number of methoxy groups -OCH3 is 2. The Labute approximate surface area is 246 Å². The molecule has 0 radical (unpaired) electrons. The number of hydrogen-bond donors (Lipinski definition) is 0. The third-order valence-electron chi connectivity index (χ3n) is 8.08. The average Bonchev–Trinajstić information content (AvgIpc) is 2.87. The second-order valence-electron chi connectivity index (χ2n) is 11.9. The summed E-state index contributed by atoms with van der Waals surface area (Å²) in [6.07, 6.45) is 0. The predicted molar refractivity (Wildman–Crippen MR) is 169 cm³/mol. The Kier molecular flexibility index (Phi) is 8.44.